The summed E-state index contributed by atoms with van der Waals surface area (Å²) in [5.41, 5.74) is 9.32. The van der Waals surface area contributed by atoms with Crippen molar-refractivity contribution < 1.29 is 5.11 Å². The lowest BCUT2D eigenvalue weighted by molar-refractivity contribution is 0.271. The summed E-state index contributed by atoms with van der Waals surface area (Å²) in [6.45, 7) is 5.43. The Hall–Kier alpha value is -6.02. The highest BCUT2D eigenvalue weighted by atomic mass is 35.5. The van der Waals surface area contributed by atoms with Gasteiger partial charge in [0.1, 0.15) is 18.2 Å². The molecule has 0 bridgehead atoms. The molecule has 13 nitrogen and oxygen atoms in total. The molecule has 0 amide bonds. The SMILES string of the molecule is CCCCc1nc(Cl)c(CO)n1Cc1ccc(-c2ccccc2)c(-c2nnn(Cc3c(Cl)nc(CCCC)n3Cc3ccc(-c4ccccc4-c4nnn[nH]4)cc3)n2)c1. The van der Waals surface area contributed by atoms with Crippen LogP contribution in [0.4, 0.5) is 0 Å². The molecule has 8 aromatic rings. The van der Waals surface area contributed by atoms with Crippen LogP contribution < -0.4 is 0 Å². The van der Waals surface area contributed by atoms with Crippen LogP contribution in [0.1, 0.15) is 73.7 Å². The summed E-state index contributed by atoms with van der Waals surface area (Å²) in [5.74, 6) is 2.86. The number of aryl methyl sites for hydroxylation is 2. The fraction of sp³-hybridized carbons (Fsp3) is 0.273. The summed E-state index contributed by atoms with van der Waals surface area (Å²) < 4.78 is 4.21. The van der Waals surface area contributed by atoms with Crippen LogP contribution >= 0.6 is 23.2 Å². The molecule has 0 aliphatic rings. The Morgan fingerprint density at radius 1 is 0.627 bits per heavy atom. The molecular weight excluding hydrogens is 783 g/mol. The van der Waals surface area contributed by atoms with Crippen LogP contribution in [0.25, 0.3) is 45.0 Å². The minimum Gasteiger partial charge on any atom is -0.390 e. The molecule has 0 aliphatic carbocycles. The first-order valence-corrected chi connectivity index (χ1v) is 20.7. The molecule has 4 aromatic heterocycles. The quantitative estimate of drug-likeness (QED) is 0.0916. The van der Waals surface area contributed by atoms with Crippen LogP contribution in [0.5, 0.6) is 0 Å². The lowest BCUT2D eigenvalue weighted by Gasteiger charge is -2.14. The Morgan fingerprint density at radius 2 is 1.24 bits per heavy atom. The van der Waals surface area contributed by atoms with Crippen molar-refractivity contribution in [1.82, 2.24) is 59.9 Å². The van der Waals surface area contributed by atoms with E-state index in [1.54, 1.807) is 4.80 Å². The van der Waals surface area contributed by atoms with E-state index in [4.69, 9.17) is 33.3 Å². The molecule has 300 valence electrons. The number of hydrogen-bond donors (Lipinski definition) is 2. The number of H-pyrrole nitrogens is 1. The van der Waals surface area contributed by atoms with E-state index >= 15 is 0 Å². The van der Waals surface area contributed by atoms with Crippen molar-refractivity contribution in [1.29, 1.82) is 0 Å². The summed E-state index contributed by atoms with van der Waals surface area (Å²) in [6, 6.07) is 33.0. The predicted molar refractivity (Wildman–Crippen MR) is 229 cm³/mol. The Morgan fingerprint density at radius 3 is 1.92 bits per heavy atom. The van der Waals surface area contributed by atoms with E-state index in [0.717, 1.165) is 100 Å². The van der Waals surface area contributed by atoms with Crippen molar-refractivity contribution in [3.05, 3.63) is 142 Å². The molecule has 0 saturated heterocycles. The number of imidazole rings is 2. The molecule has 59 heavy (non-hydrogen) atoms. The van der Waals surface area contributed by atoms with Gasteiger partial charge in [0.15, 0.2) is 16.1 Å². The van der Waals surface area contributed by atoms with Gasteiger partial charge in [-0.05, 0) is 67.9 Å². The maximum absolute atomic E-state index is 10.2. The Balaban J connectivity index is 1.10. The summed E-state index contributed by atoms with van der Waals surface area (Å²) in [4.78, 5) is 11.0. The third-order valence-corrected chi connectivity index (χ3v) is 11.1. The van der Waals surface area contributed by atoms with E-state index < -0.39 is 0 Å². The monoisotopic (exact) mass is 826 g/mol. The van der Waals surface area contributed by atoms with Gasteiger partial charge in [-0.15, -0.1) is 15.3 Å². The standard InChI is InChI=1S/C44H44Cl2N12O/c1-3-5-16-39-47-41(45)37(56(39)25-29-18-21-32(22-19-29)33-14-10-11-15-35(33)43-49-53-54-50-43)27-58-52-44(51-55-58)36-24-30(20-23-34(36)31-12-8-7-9-13-31)26-57-38(28-59)42(46)48-40(57)17-6-4-2/h7-15,18-24,59H,3-6,16-17,25-28H2,1-2H3,(H,49,50,53,54). The topological polar surface area (TPSA) is 154 Å². The molecule has 0 fully saturated rings. The Kier molecular flexibility index (Phi) is 12.3. The third kappa shape index (κ3) is 8.73. The second-order valence-electron chi connectivity index (χ2n) is 14.5. The number of aliphatic hydroxyl groups is 1. The molecule has 8 rings (SSSR count). The molecule has 0 spiro atoms. The molecule has 4 heterocycles. The van der Waals surface area contributed by atoms with Gasteiger partial charge in [0, 0.05) is 37.1 Å². The maximum atomic E-state index is 10.2. The van der Waals surface area contributed by atoms with Gasteiger partial charge in [0.05, 0.1) is 18.0 Å². The molecule has 4 aromatic carbocycles. The van der Waals surface area contributed by atoms with Gasteiger partial charge in [0.2, 0.25) is 5.82 Å². The van der Waals surface area contributed by atoms with Gasteiger partial charge < -0.3 is 14.2 Å². The molecule has 0 saturated carbocycles. The minimum absolute atomic E-state index is 0.204. The molecule has 2 N–H and O–H groups in total. The van der Waals surface area contributed by atoms with Crippen molar-refractivity contribution in [3.63, 3.8) is 0 Å². The number of halogens is 2. The van der Waals surface area contributed by atoms with Gasteiger partial charge in [-0.3, -0.25) is 0 Å². The van der Waals surface area contributed by atoms with Crippen molar-refractivity contribution in [2.75, 3.05) is 0 Å². The second-order valence-corrected chi connectivity index (χ2v) is 15.2. The second kappa shape index (κ2) is 18.3. The zero-order chi connectivity index (χ0) is 40.7. The van der Waals surface area contributed by atoms with E-state index in [9.17, 15) is 5.11 Å². The summed E-state index contributed by atoms with van der Waals surface area (Å²) in [6.07, 6.45) is 5.56. The first kappa shape index (κ1) is 39.8. The van der Waals surface area contributed by atoms with Gasteiger partial charge in [-0.25, -0.2) is 15.1 Å². The van der Waals surface area contributed by atoms with Gasteiger partial charge in [-0.1, -0.05) is 141 Å². The predicted octanol–water partition coefficient (Wildman–Crippen LogP) is 8.88. The van der Waals surface area contributed by atoms with Gasteiger partial charge in [-0.2, -0.15) is 4.80 Å². The van der Waals surface area contributed by atoms with Crippen LogP contribution in [0, 0.1) is 0 Å². The average molecular weight is 828 g/mol. The number of aliphatic hydroxyl groups excluding tert-OH is 1. The van der Waals surface area contributed by atoms with E-state index in [-0.39, 0.29) is 13.2 Å². The average Bonchev–Trinajstić information content (AvgIpc) is 4.08. The Labute approximate surface area is 352 Å². The normalized spacial score (nSPS) is 11.5. The third-order valence-electron chi connectivity index (χ3n) is 10.5. The van der Waals surface area contributed by atoms with Crippen molar-refractivity contribution in [3.8, 4) is 45.0 Å². The number of hydrogen-bond acceptors (Lipinski definition) is 9. The first-order chi connectivity index (χ1) is 28.9. The van der Waals surface area contributed by atoms with Gasteiger partial charge in [0.25, 0.3) is 0 Å². The van der Waals surface area contributed by atoms with E-state index in [1.165, 1.54) is 0 Å². The highest BCUT2D eigenvalue weighted by Gasteiger charge is 2.21. The zero-order valence-corrected chi connectivity index (χ0v) is 34.4. The molecule has 15 heteroatoms. The molecule has 0 radical (unpaired) electrons. The zero-order valence-electron chi connectivity index (χ0n) is 32.9. The summed E-state index contributed by atoms with van der Waals surface area (Å²) >= 11 is 13.4. The van der Waals surface area contributed by atoms with Crippen LogP contribution in [0.15, 0.2) is 97.1 Å². The molecule has 0 aliphatic heterocycles. The van der Waals surface area contributed by atoms with Gasteiger partial charge >= 0.3 is 0 Å². The van der Waals surface area contributed by atoms with E-state index in [1.807, 2.05) is 41.0 Å². The number of tetrazole rings is 2. The highest BCUT2D eigenvalue weighted by Crippen LogP contribution is 2.33. The number of nitrogens with one attached hydrogen (secondary N) is 1. The smallest absolute Gasteiger partial charge is 0.205 e. The minimum atomic E-state index is -0.204. The first-order valence-electron chi connectivity index (χ1n) is 19.9. The lowest BCUT2D eigenvalue weighted by atomic mass is 9.97. The largest absolute Gasteiger partial charge is 0.390 e. The highest BCUT2D eigenvalue weighted by molar-refractivity contribution is 6.30. The van der Waals surface area contributed by atoms with Crippen molar-refractivity contribution in [2.24, 2.45) is 0 Å². The molecular formula is C44H44Cl2N12O. The fourth-order valence-corrected chi connectivity index (χ4v) is 7.92. The number of nitrogens with zero attached hydrogens (tertiary/aromatic N) is 11. The van der Waals surface area contributed by atoms with Crippen molar-refractivity contribution in [2.45, 2.75) is 78.6 Å². The fourth-order valence-electron chi connectivity index (χ4n) is 7.40. The molecule has 0 atom stereocenters. The lowest BCUT2D eigenvalue weighted by Crippen LogP contribution is -2.13. The summed E-state index contributed by atoms with van der Waals surface area (Å²) in [7, 11) is 0. The van der Waals surface area contributed by atoms with Crippen LogP contribution in [0.2, 0.25) is 10.3 Å². The number of rotatable bonds is 17. The number of aromatic amines is 1. The number of aromatic nitrogens is 12. The molecule has 0 unspecified atom stereocenters. The Bertz CT molecular complexity index is 2630. The van der Waals surface area contributed by atoms with Crippen molar-refractivity contribution >= 4 is 23.2 Å². The van der Waals surface area contributed by atoms with Crippen LogP contribution in [0.3, 0.4) is 0 Å². The number of unbranched alkanes of at least 4 members (excludes halogenated alkanes) is 2. The maximum Gasteiger partial charge on any atom is 0.205 e. The van der Waals surface area contributed by atoms with E-state index in [0.29, 0.717) is 40.7 Å². The number of benzene rings is 4. The van der Waals surface area contributed by atoms with E-state index in [2.05, 4.69) is 115 Å². The van der Waals surface area contributed by atoms with Crippen LogP contribution in [-0.2, 0) is 39.1 Å². The summed E-state index contributed by atoms with van der Waals surface area (Å²) in [5, 5.41) is 39.6. The van der Waals surface area contributed by atoms with Crippen LogP contribution in [-0.4, -0.2) is 65.0 Å².